The van der Waals surface area contributed by atoms with Gasteiger partial charge >= 0.3 is 0 Å². The lowest BCUT2D eigenvalue weighted by Gasteiger charge is -2.32. The number of thiophene rings is 1. The van der Waals surface area contributed by atoms with Gasteiger partial charge in [-0.15, -0.1) is 11.3 Å². The zero-order chi connectivity index (χ0) is 18.1. The van der Waals surface area contributed by atoms with E-state index in [9.17, 15) is 0 Å². The average Bonchev–Trinajstić information content (AvgIpc) is 3.38. The minimum atomic E-state index is 0.473. The summed E-state index contributed by atoms with van der Waals surface area (Å²) in [5, 5.41) is 2.09. The maximum atomic E-state index is 4.67. The Balaban J connectivity index is 1.31. The number of rotatable bonds is 4. The van der Waals surface area contributed by atoms with E-state index in [0.29, 0.717) is 5.92 Å². The summed E-state index contributed by atoms with van der Waals surface area (Å²) in [4.78, 5) is 20.4. The number of hydrogen-bond acceptors (Lipinski definition) is 6. The van der Waals surface area contributed by atoms with Crippen LogP contribution in [0.2, 0.25) is 0 Å². The maximum Gasteiger partial charge on any atom is 0.150 e. The van der Waals surface area contributed by atoms with Crippen LogP contribution in [-0.2, 0) is 6.54 Å². The van der Waals surface area contributed by atoms with Crippen LogP contribution in [0.5, 0.6) is 0 Å². The number of anilines is 1. The molecule has 0 radical (unpaired) electrons. The van der Waals surface area contributed by atoms with E-state index in [4.69, 9.17) is 0 Å². The minimum absolute atomic E-state index is 0.473. The van der Waals surface area contributed by atoms with Crippen molar-refractivity contribution in [1.29, 1.82) is 0 Å². The van der Waals surface area contributed by atoms with Gasteiger partial charge in [0.05, 0.1) is 22.5 Å². The second kappa shape index (κ2) is 7.08. The van der Waals surface area contributed by atoms with E-state index in [0.717, 1.165) is 49.5 Å². The molecule has 1 aliphatic heterocycles. The highest BCUT2D eigenvalue weighted by Crippen LogP contribution is 2.33. The molecule has 0 amide bonds. The highest BCUT2D eigenvalue weighted by molar-refractivity contribution is 7.17. The van der Waals surface area contributed by atoms with E-state index in [1.807, 2.05) is 24.5 Å². The third-order valence-corrected chi connectivity index (χ3v) is 6.09. The predicted octanol–water partition coefficient (Wildman–Crippen LogP) is 3.72. The molecule has 0 atom stereocenters. The molecule has 0 N–H and O–H groups in total. The number of piperidine rings is 1. The number of pyridine rings is 1. The molecule has 7 heteroatoms. The van der Waals surface area contributed by atoms with Crippen LogP contribution in [0.3, 0.4) is 0 Å². The molecule has 1 aliphatic rings. The molecular weight excluding hydrogens is 356 g/mol. The summed E-state index contributed by atoms with van der Waals surface area (Å²) in [6, 6.07) is 8.11. The van der Waals surface area contributed by atoms with Crippen molar-refractivity contribution in [3.05, 3.63) is 66.1 Å². The average molecular weight is 376 g/mol. The Morgan fingerprint density at radius 1 is 1.00 bits per heavy atom. The highest BCUT2D eigenvalue weighted by Gasteiger charge is 2.25. The number of fused-ring (bicyclic) bond motifs is 1. The lowest BCUT2D eigenvalue weighted by Crippen LogP contribution is -2.34. The van der Waals surface area contributed by atoms with Crippen LogP contribution in [0, 0.1) is 0 Å². The molecule has 5 rings (SSSR count). The molecule has 0 spiro atoms. The SMILES string of the molecule is c1ccc(Cn2ccnc2C2CCN(c3ncnc4ccsc34)CC2)nc1. The van der Waals surface area contributed by atoms with Crippen LogP contribution in [0.4, 0.5) is 5.82 Å². The second-order valence-corrected chi connectivity index (χ2v) is 7.74. The fraction of sp³-hybridized carbons (Fsp3) is 0.300. The predicted molar refractivity (Wildman–Crippen MR) is 107 cm³/mol. The lowest BCUT2D eigenvalue weighted by molar-refractivity contribution is 0.468. The molecule has 0 aromatic carbocycles. The first-order chi connectivity index (χ1) is 13.4. The third kappa shape index (κ3) is 3.19. The standard InChI is InChI=1S/C20H20N6S/c1-2-7-21-16(3-1)13-26-11-8-22-19(26)15-4-9-25(10-5-15)20-18-17(6-12-27-18)23-14-24-20/h1-3,6-8,11-12,14-15H,4-5,9-10,13H2. The zero-order valence-electron chi connectivity index (χ0n) is 14.9. The van der Waals surface area contributed by atoms with Gasteiger partial charge < -0.3 is 9.47 Å². The first-order valence-corrected chi connectivity index (χ1v) is 10.1. The van der Waals surface area contributed by atoms with Gasteiger partial charge in [-0.25, -0.2) is 15.0 Å². The highest BCUT2D eigenvalue weighted by atomic mass is 32.1. The van der Waals surface area contributed by atoms with Crippen LogP contribution < -0.4 is 4.90 Å². The summed E-state index contributed by atoms with van der Waals surface area (Å²) in [5.74, 6) is 2.72. The monoisotopic (exact) mass is 376 g/mol. The maximum absolute atomic E-state index is 4.67. The summed E-state index contributed by atoms with van der Waals surface area (Å²) in [6.45, 7) is 2.76. The molecule has 27 heavy (non-hydrogen) atoms. The van der Waals surface area contributed by atoms with Crippen LogP contribution in [0.15, 0.2) is 54.6 Å². The van der Waals surface area contributed by atoms with E-state index in [-0.39, 0.29) is 0 Å². The fourth-order valence-corrected chi connectivity index (χ4v) is 4.69. The molecule has 0 unspecified atom stereocenters. The van der Waals surface area contributed by atoms with Gasteiger partial charge in [-0.05, 0) is 36.4 Å². The van der Waals surface area contributed by atoms with Crippen molar-refractivity contribution in [1.82, 2.24) is 24.5 Å². The largest absolute Gasteiger partial charge is 0.355 e. The summed E-state index contributed by atoms with van der Waals surface area (Å²) in [5.41, 5.74) is 2.10. The Kier molecular flexibility index (Phi) is 4.29. The number of nitrogens with zero attached hydrogens (tertiary/aromatic N) is 6. The zero-order valence-corrected chi connectivity index (χ0v) is 15.7. The van der Waals surface area contributed by atoms with Gasteiger partial charge in [0.2, 0.25) is 0 Å². The van der Waals surface area contributed by atoms with Gasteiger partial charge in [-0.1, -0.05) is 6.07 Å². The molecule has 0 saturated carbocycles. The topological polar surface area (TPSA) is 59.7 Å². The van der Waals surface area contributed by atoms with Crippen LogP contribution in [0.1, 0.15) is 30.3 Å². The first kappa shape index (κ1) is 16.4. The molecule has 0 aliphatic carbocycles. The van der Waals surface area contributed by atoms with Crippen molar-refractivity contribution in [2.75, 3.05) is 18.0 Å². The van der Waals surface area contributed by atoms with Crippen LogP contribution >= 0.6 is 11.3 Å². The summed E-state index contributed by atoms with van der Waals surface area (Å²) >= 11 is 1.72. The van der Waals surface area contributed by atoms with Crippen molar-refractivity contribution in [2.24, 2.45) is 0 Å². The van der Waals surface area contributed by atoms with Gasteiger partial charge in [-0.3, -0.25) is 4.98 Å². The van der Waals surface area contributed by atoms with Crippen molar-refractivity contribution in [3.63, 3.8) is 0 Å². The van der Waals surface area contributed by atoms with Crippen molar-refractivity contribution >= 4 is 27.4 Å². The molecule has 1 fully saturated rings. The molecule has 0 bridgehead atoms. The van der Waals surface area contributed by atoms with Gasteiger partial charge in [0.1, 0.15) is 18.0 Å². The van der Waals surface area contributed by atoms with Gasteiger partial charge in [0, 0.05) is 37.6 Å². The molecule has 4 aromatic rings. The van der Waals surface area contributed by atoms with E-state index in [1.165, 1.54) is 10.5 Å². The Labute approximate surface area is 161 Å². The van der Waals surface area contributed by atoms with E-state index < -0.39 is 0 Å². The Morgan fingerprint density at radius 2 is 1.93 bits per heavy atom. The van der Waals surface area contributed by atoms with Crippen molar-refractivity contribution in [2.45, 2.75) is 25.3 Å². The Morgan fingerprint density at radius 3 is 2.78 bits per heavy atom. The van der Waals surface area contributed by atoms with Gasteiger partial charge in [-0.2, -0.15) is 0 Å². The number of imidazole rings is 1. The number of hydrogen-bond donors (Lipinski definition) is 0. The molecule has 4 aromatic heterocycles. The molecule has 136 valence electrons. The smallest absolute Gasteiger partial charge is 0.150 e. The quantitative estimate of drug-likeness (QED) is 0.543. The van der Waals surface area contributed by atoms with Crippen molar-refractivity contribution in [3.8, 4) is 0 Å². The lowest BCUT2D eigenvalue weighted by atomic mass is 9.96. The van der Waals surface area contributed by atoms with Crippen LogP contribution in [0.25, 0.3) is 10.2 Å². The third-order valence-electron chi connectivity index (χ3n) is 5.19. The summed E-state index contributed by atoms with van der Waals surface area (Å²) in [6.07, 6.45) is 9.65. The van der Waals surface area contributed by atoms with Crippen molar-refractivity contribution < 1.29 is 0 Å². The fourth-order valence-electron chi connectivity index (χ4n) is 3.83. The minimum Gasteiger partial charge on any atom is -0.355 e. The summed E-state index contributed by atoms with van der Waals surface area (Å²) in [7, 11) is 0. The molecule has 6 nitrogen and oxygen atoms in total. The molecular formula is C20H20N6S. The Bertz CT molecular complexity index is 1030. The van der Waals surface area contributed by atoms with Gasteiger partial charge in [0.25, 0.3) is 0 Å². The summed E-state index contributed by atoms with van der Waals surface area (Å²) < 4.78 is 3.43. The number of aromatic nitrogens is 5. The van der Waals surface area contributed by atoms with E-state index in [1.54, 1.807) is 17.7 Å². The van der Waals surface area contributed by atoms with Crippen LogP contribution in [-0.4, -0.2) is 37.6 Å². The van der Waals surface area contributed by atoms with E-state index in [2.05, 4.69) is 53.1 Å². The Hall–Kier alpha value is -2.80. The van der Waals surface area contributed by atoms with E-state index >= 15 is 0 Å². The normalized spacial score (nSPS) is 15.5. The molecule has 1 saturated heterocycles. The molecule has 5 heterocycles. The van der Waals surface area contributed by atoms with Gasteiger partial charge in [0.15, 0.2) is 0 Å². The first-order valence-electron chi connectivity index (χ1n) is 9.22. The second-order valence-electron chi connectivity index (χ2n) is 6.83.